The Kier molecular flexibility index (Phi) is 4.89. The van der Waals surface area contributed by atoms with Crippen molar-refractivity contribution in [2.24, 2.45) is 5.41 Å². The van der Waals surface area contributed by atoms with Crippen LogP contribution >= 0.6 is 0 Å². The van der Waals surface area contributed by atoms with E-state index in [0.29, 0.717) is 25.9 Å². The van der Waals surface area contributed by atoms with Crippen molar-refractivity contribution in [2.75, 3.05) is 33.4 Å². The van der Waals surface area contributed by atoms with Gasteiger partial charge in [-0.3, -0.25) is 9.59 Å². The van der Waals surface area contributed by atoms with E-state index in [1.807, 2.05) is 0 Å². The topological polar surface area (TPSA) is 87.1 Å². The maximum atomic E-state index is 11.7. The quantitative estimate of drug-likeness (QED) is 0.497. The molecule has 2 N–H and O–H groups in total. The molecule has 1 heterocycles. The molecule has 1 rings (SSSR count). The van der Waals surface area contributed by atoms with Crippen molar-refractivity contribution in [3.05, 3.63) is 0 Å². The molecule has 6 nitrogen and oxygen atoms in total. The first-order valence-corrected chi connectivity index (χ1v) is 5.63. The molecule has 0 radical (unpaired) electrons. The molecule has 98 valence electrons. The van der Waals surface area contributed by atoms with Crippen LogP contribution in [-0.4, -0.2) is 60.4 Å². The van der Waals surface area contributed by atoms with Gasteiger partial charge in [0.25, 0.3) is 0 Å². The zero-order valence-electron chi connectivity index (χ0n) is 10.0. The molecule has 6 heteroatoms. The van der Waals surface area contributed by atoms with Crippen LogP contribution in [0.4, 0.5) is 0 Å². The Balaban J connectivity index is 2.46. The van der Waals surface area contributed by atoms with Gasteiger partial charge in [0.1, 0.15) is 6.42 Å². The van der Waals surface area contributed by atoms with Crippen LogP contribution in [0.25, 0.3) is 0 Å². The van der Waals surface area contributed by atoms with E-state index >= 15 is 0 Å². The number of hydrogen-bond donors (Lipinski definition) is 2. The minimum Gasteiger partial charge on any atom is -0.469 e. The summed E-state index contributed by atoms with van der Waals surface area (Å²) in [6.07, 6.45) is 0.849. The molecule has 1 fully saturated rings. The summed E-state index contributed by atoms with van der Waals surface area (Å²) in [5.41, 5.74) is -0.484. The largest absolute Gasteiger partial charge is 0.469 e. The van der Waals surface area contributed by atoms with Gasteiger partial charge in [-0.25, -0.2) is 0 Å². The van der Waals surface area contributed by atoms with Gasteiger partial charge in [-0.1, -0.05) is 0 Å². The summed E-state index contributed by atoms with van der Waals surface area (Å²) in [6, 6.07) is 0. The van der Waals surface area contributed by atoms with E-state index < -0.39 is 11.4 Å². The van der Waals surface area contributed by atoms with Crippen LogP contribution in [0, 0.1) is 5.41 Å². The van der Waals surface area contributed by atoms with Crippen LogP contribution in [0.15, 0.2) is 0 Å². The SMILES string of the molecule is COC(=O)CC(=O)N1CCC(CO)(CO)CC1. The average Bonchev–Trinajstić information content (AvgIpc) is 2.38. The molecule has 0 aliphatic carbocycles. The fourth-order valence-corrected chi connectivity index (χ4v) is 1.90. The Morgan fingerprint density at radius 2 is 1.76 bits per heavy atom. The van der Waals surface area contributed by atoms with E-state index in [9.17, 15) is 19.8 Å². The smallest absolute Gasteiger partial charge is 0.315 e. The number of carbonyl (C=O) groups excluding carboxylic acids is 2. The highest BCUT2D eigenvalue weighted by atomic mass is 16.5. The number of esters is 1. The van der Waals surface area contributed by atoms with Gasteiger partial charge in [0.2, 0.25) is 5.91 Å². The number of rotatable bonds is 4. The fraction of sp³-hybridized carbons (Fsp3) is 0.818. The molecule has 0 atom stereocenters. The van der Waals surface area contributed by atoms with E-state index in [0.717, 1.165) is 0 Å². The lowest BCUT2D eigenvalue weighted by atomic mass is 9.80. The molecule has 0 aromatic heterocycles. The highest BCUT2D eigenvalue weighted by molar-refractivity contribution is 5.94. The van der Waals surface area contributed by atoms with Crippen LogP contribution in [0.1, 0.15) is 19.3 Å². The molecule has 0 saturated carbocycles. The Morgan fingerprint density at radius 1 is 1.24 bits per heavy atom. The predicted octanol–water partition coefficient (Wildman–Crippen LogP) is -0.857. The summed E-state index contributed by atoms with van der Waals surface area (Å²) >= 11 is 0. The summed E-state index contributed by atoms with van der Waals surface area (Å²) in [4.78, 5) is 24.2. The zero-order chi connectivity index (χ0) is 12.9. The number of aliphatic hydroxyl groups excluding tert-OH is 2. The van der Waals surface area contributed by atoms with Gasteiger partial charge < -0.3 is 19.8 Å². The standard InChI is InChI=1S/C11H19NO5/c1-17-10(16)6-9(15)12-4-2-11(7-13,8-14)3-5-12/h13-14H,2-8H2,1H3. The lowest BCUT2D eigenvalue weighted by molar-refractivity contribution is -0.148. The van der Waals surface area contributed by atoms with E-state index in [4.69, 9.17) is 0 Å². The molecule has 1 aliphatic heterocycles. The molecule has 0 spiro atoms. The summed E-state index contributed by atoms with van der Waals surface area (Å²) in [5, 5.41) is 18.4. The number of carbonyl (C=O) groups is 2. The number of methoxy groups -OCH3 is 1. The number of aliphatic hydroxyl groups is 2. The molecule has 17 heavy (non-hydrogen) atoms. The molecule has 0 aromatic rings. The van der Waals surface area contributed by atoms with Gasteiger partial charge in [0, 0.05) is 18.5 Å². The maximum absolute atomic E-state index is 11.7. The average molecular weight is 245 g/mol. The molecule has 1 saturated heterocycles. The molecule has 1 aliphatic rings. The van der Waals surface area contributed by atoms with Gasteiger partial charge in [-0.15, -0.1) is 0 Å². The number of amides is 1. The molecule has 0 unspecified atom stereocenters. The molecular weight excluding hydrogens is 226 g/mol. The maximum Gasteiger partial charge on any atom is 0.315 e. The fourth-order valence-electron chi connectivity index (χ4n) is 1.90. The highest BCUT2D eigenvalue weighted by Gasteiger charge is 2.35. The zero-order valence-corrected chi connectivity index (χ0v) is 10.0. The van der Waals surface area contributed by atoms with Gasteiger partial charge in [0.05, 0.1) is 20.3 Å². The summed E-state index contributed by atoms with van der Waals surface area (Å²) in [6.45, 7) is 0.749. The van der Waals surface area contributed by atoms with Crippen LogP contribution in [0.5, 0.6) is 0 Å². The van der Waals surface area contributed by atoms with Gasteiger partial charge in [-0.05, 0) is 12.8 Å². The third-order valence-corrected chi connectivity index (χ3v) is 3.37. The lowest BCUT2D eigenvalue weighted by Gasteiger charge is -2.39. The van der Waals surface area contributed by atoms with Crippen molar-refractivity contribution in [1.29, 1.82) is 0 Å². The van der Waals surface area contributed by atoms with E-state index in [1.165, 1.54) is 7.11 Å². The van der Waals surface area contributed by atoms with Crippen molar-refractivity contribution >= 4 is 11.9 Å². The van der Waals surface area contributed by atoms with Crippen molar-refractivity contribution in [3.8, 4) is 0 Å². The van der Waals surface area contributed by atoms with Crippen molar-refractivity contribution in [1.82, 2.24) is 4.90 Å². The number of likely N-dealkylation sites (tertiary alicyclic amines) is 1. The second-order valence-corrected chi connectivity index (χ2v) is 4.45. The Bertz CT molecular complexity index is 278. The number of hydrogen-bond acceptors (Lipinski definition) is 5. The van der Waals surface area contributed by atoms with E-state index in [-0.39, 0.29) is 25.5 Å². The first-order chi connectivity index (χ1) is 8.06. The lowest BCUT2D eigenvalue weighted by Crippen LogP contribution is -2.46. The van der Waals surface area contributed by atoms with Crippen LogP contribution < -0.4 is 0 Å². The van der Waals surface area contributed by atoms with Crippen LogP contribution in [0.2, 0.25) is 0 Å². The number of ether oxygens (including phenoxy) is 1. The first-order valence-electron chi connectivity index (χ1n) is 5.63. The minimum absolute atomic E-state index is 0.0808. The summed E-state index contributed by atoms with van der Waals surface area (Å²) in [5.74, 6) is -0.808. The Morgan fingerprint density at radius 3 is 2.18 bits per heavy atom. The molecule has 1 amide bonds. The monoisotopic (exact) mass is 245 g/mol. The predicted molar refractivity (Wildman–Crippen MR) is 59.1 cm³/mol. The molecular formula is C11H19NO5. The summed E-state index contributed by atoms with van der Waals surface area (Å²) < 4.78 is 4.43. The number of piperidine rings is 1. The first kappa shape index (κ1) is 13.9. The normalized spacial score (nSPS) is 18.9. The van der Waals surface area contributed by atoms with Crippen molar-refractivity contribution in [2.45, 2.75) is 19.3 Å². The highest BCUT2D eigenvalue weighted by Crippen LogP contribution is 2.30. The Labute approximate surface area is 100 Å². The van der Waals surface area contributed by atoms with Crippen molar-refractivity contribution in [3.63, 3.8) is 0 Å². The molecule has 0 bridgehead atoms. The number of nitrogens with zero attached hydrogens (tertiary/aromatic N) is 1. The van der Waals surface area contributed by atoms with E-state index in [2.05, 4.69) is 4.74 Å². The van der Waals surface area contributed by atoms with Gasteiger partial charge in [-0.2, -0.15) is 0 Å². The third kappa shape index (κ3) is 3.41. The minimum atomic E-state index is -0.545. The van der Waals surface area contributed by atoms with Gasteiger partial charge in [0.15, 0.2) is 0 Å². The van der Waals surface area contributed by atoms with Gasteiger partial charge >= 0.3 is 5.97 Å². The molecule has 0 aromatic carbocycles. The van der Waals surface area contributed by atoms with Crippen LogP contribution in [-0.2, 0) is 14.3 Å². The second kappa shape index (κ2) is 5.97. The summed E-state index contributed by atoms with van der Waals surface area (Å²) in [7, 11) is 1.24. The third-order valence-electron chi connectivity index (χ3n) is 3.37. The van der Waals surface area contributed by atoms with Crippen LogP contribution in [0.3, 0.4) is 0 Å². The van der Waals surface area contributed by atoms with E-state index in [1.54, 1.807) is 4.90 Å². The van der Waals surface area contributed by atoms with Crippen molar-refractivity contribution < 1.29 is 24.5 Å². The Hall–Kier alpha value is -1.14. The second-order valence-electron chi connectivity index (χ2n) is 4.45.